The van der Waals surface area contributed by atoms with E-state index in [1.165, 1.54) is 0 Å². The molecule has 0 aliphatic carbocycles. The number of nitrogens with zero attached hydrogens (tertiary/aromatic N) is 1. The van der Waals surface area contributed by atoms with E-state index in [1.54, 1.807) is 6.07 Å². The molecule has 17 heavy (non-hydrogen) atoms. The van der Waals surface area contributed by atoms with Gasteiger partial charge in [0.1, 0.15) is 5.75 Å². The van der Waals surface area contributed by atoms with E-state index in [4.69, 9.17) is 0 Å². The van der Waals surface area contributed by atoms with Gasteiger partial charge in [-0.2, -0.15) is 0 Å². The number of phenols is 1. The Balaban J connectivity index is 2.16. The Bertz CT molecular complexity index is 516. The summed E-state index contributed by atoms with van der Waals surface area (Å²) in [4.78, 5) is 5.39. The molecule has 0 saturated carbocycles. The van der Waals surface area contributed by atoms with E-state index >= 15 is 0 Å². The van der Waals surface area contributed by atoms with Gasteiger partial charge in [-0.15, -0.1) is 6.58 Å². The van der Waals surface area contributed by atoms with Crippen molar-refractivity contribution < 1.29 is 5.11 Å². The minimum atomic E-state index is 0.352. The molecule has 0 atom stereocenters. The molecule has 0 aliphatic heterocycles. The van der Waals surface area contributed by atoms with Crippen LogP contribution in [0, 0.1) is 0 Å². The molecule has 3 nitrogen and oxygen atoms in total. The molecule has 90 valence electrons. The summed E-state index contributed by atoms with van der Waals surface area (Å²) in [6, 6.07) is 5.56. The Labute approximate surface area is 101 Å². The Morgan fingerprint density at radius 2 is 2.29 bits per heavy atom. The minimum absolute atomic E-state index is 0.352. The molecule has 0 saturated heterocycles. The highest BCUT2D eigenvalue weighted by molar-refractivity contribution is 5.88. The van der Waals surface area contributed by atoms with E-state index in [9.17, 15) is 5.11 Å². The first-order valence-corrected chi connectivity index (χ1v) is 5.79. The van der Waals surface area contributed by atoms with Crippen LogP contribution in [0.2, 0.25) is 0 Å². The SMILES string of the molecule is C=CCN(C)CCc1c[nH]c2cccc(O)c12. The van der Waals surface area contributed by atoms with Crippen molar-refractivity contribution in [3.8, 4) is 5.75 Å². The molecule has 0 amide bonds. The van der Waals surface area contributed by atoms with Gasteiger partial charge in [0.2, 0.25) is 0 Å². The zero-order valence-electron chi connectivity index (χ0n) is 10.1. The molecule has 0 aliphatic rings. The normalized spacial score (nSPS) is 11.2. The molecule has 1 aromatic heterocycles. The molecule has 0 spiro atoms. The lowest BCUT2D eigenvalue weighted by molar-refractivity contribution is 0.375. The third-order valence-corrected chi connectivity index (χ3v) is 2.97. The van der Waals surface area contributed by atoms with Crippen LogP contribution in [-0.4, -0.2) is 35.1 Å². The fraction of sp³-hybridized carbons (Fsp3) is 0.286. The summed E-state index contributed by atoms with van der Waals surface area (Å²) in [5.74, 6) is 0.352. The summed E-state index contributed by atoms with van der Waals surface area (Å²) in [6.45, 7) is 5.56. The van der Waals surface area contributed by atoms with Crippen molar-refractivity contribution >= 4 is 10.9 Å². The van der Waals surface area contributed by atoms with Crippen LogP contribution in [0.25, 0.3) is 10.9 Å². The number of aromatic amines is 1. The van der Waals surface area contributed by atoms with Crippen molar-refractivity contribution in [3.05, 3.63) is 42.6 Å². The lowest BCUT2D eigenvalue weighted by atomic mass is 10.1. The number of hydrogen-bond acceptors (Lipinski definition) is 2. The van der Waals surface area contributed by atoms with Gasteiger partial charge in [0.05, 0.1) is 0 Å². The molecule has 0 radical (unpaired) electrons. The summed E-state index contributed by atoms with van der Waals surface area (Å²) in [5.41, 5.74) is 2.15. The van der Waals surface area contributed by atoms with Gasteiger partial charge in [-0.3, -0.25) is 0 Å². The van der Waals surface area contributed by atoms with Crippen LogP contribution in [0.15, 0.2) is 37.1 Å². The first kappa shape index (κ1) is 11.7. The molecule has 0 fully saturated rings. The Kier molecular flexibility index (Phi) is 3.49. The second kappa shape index (κ2) is 5.06. The molecule has 2 aromatic rings. The lowest BCUT2D eigenvalue weighted by Gasteiger charge is -2.13. The second-order valence-corrected chi connectivity index (χ2v) is 4.31. The van der Waals surface area contributed by atoms with E-state index in [0.717, 1.165) is 36.0 Å². The highest BCUT2D eigenvalue weighted by Gasteiger charge is 2.08. The number of hydrogen-bond donors (Lipinski definition) is 2. The monoisotopic (exact) mass is 230 g/mol. The average molecular weight is 230 g/mol. The van der Waals surface area contributed by atoms with E-state index in [2.05, 4.69) is 23.5 Å². The molecule has 3 heteroatoms. The van der Waals surface area contributed by atoms with Gasteiger partial charge >= 0.3 is 0 Å². The number of fused-ring (bicyclic) bond motifs is 1. The number of nitrogens with one attached hydrogen (secondary N) is 1. The van der Waals surface area contributed by atoms with E-state index in [1.807, 2.05) is 24.4 Å². The molecule has 1 heterocycles. The van der Waals surface area contributed by atoms with Crippen LogP contribution in [0.3, 0.4) is 0 Å². The number of H-pyrrole nitrogens is 1. The molecular formula is C14H18N2O. The molecule has 2 N–H and O–H groups in total. The van der Waals surface area contributed by atoms with Crippen LogP contribution >= 0.6 is 0 Å². The molecular weight excluding hydrogens is 212 g/mol. The van der Waals surface area contributed by atoms with E-state index in [-0.39, 0.29) is 0 Å². The second-order valence-electron chi connectivity index (χ2n) is 4.31. The zero-order chi connectivity index (χ0) is 12.3. The van der Waals surface area contributed by atoms with Crippen LogP contribution < -0.4 is 0 Å². The van der Waals surface area contributed by atoms with Crippen molar-refractivity contribution in [1.82, 2.24) is 9.88 Å². The summed E-state index contributed by atoms with van der Waals surface area (Å²) in [6.07, 6.45) is 4.79. The minimum Gasteiger partial charge on any atom is -0.507 e. The number of benzene rings is 1. The summed E-state index contributed by atoms with van der Waals surface area (Å²) >= 11 is 0. The molecule has 0 unspecified atom stereocenters. The first-order valence-electron chi connectivity index (χ1n) is 5.79. The Hall–Kier alpha value is -1.74. The summed E-state index contributed by atoms with van der Waals surface area (Å²) < 4.78 is 0. The van der Waals surface area contributed by atoms with Crippen LogP contribution in [-0.2, 0) is 6.42 Å². The van der Waals surface area contributed by atoms with Crippen LogP contribution in [0.1, 0.15) is 5.56 Å². The fourth-order valence-corrected chi connectivity index (χ4v) is 2.06. The number of aromatic hydroxyl groups is 1. The smallest absolute Gasteiger partial charge is 0.125 e. The highest BCUT2D eigenvalue weighted by Crippen LogP contribution is 2.27. The standard InChI is InChI=1S/C14H18N2O/c1-3-8-16(2)9-7-11-10-15-12-5-4-6-13(17)14(11)12/h3-6,10,15,17H,1,7-9H2,2H3. The molecule has 2 rings (SSSR count). The maximum Gasteiger partial charge on any atom is 0.125 e. The maximum atomic E-state index is 9.86. The van der Waals surface area contributed by atoms with E-state index < -0.39 is 0 Å². The van der Waals surface area contributed by atoms with Crippen molar-refractivity contribution in [2.24, 2.45) is 0 Å². The maximum absolute atomic E-state index is 9.86. The van der Waals surface area contributed by atoms with Crippen LogP contribution in [0.4, 0.5) is 0 Å². The zero-order valence-corrected chi connectivity index (χ0v) is 10.1. The summed E-state index contributed by atoms with van der Waals surface area (Å²) in [5, 5.41) is 10.8. The average Bonchev–Trinajstić information content (AvgIpc) is 2.71. The van der Waals surface area contributed by atoms with E-state index in [0.29, 0.717) is 5.75 Å². The summed E-state index contributed by atoms with van der Waals surface area (Å²) in [7, 11) is 2.07. The lowest BCUT2D eigenvalue weighted by Crippen LogP contribution is -2.20. The van der Waals surface area contributed by atoms with Gasteiger partial charge in [0.25, 0.3) is 0 Å². The van der Waals surface area contributed by atoms with Gasteiger partial charge in [0.15, 0.2) is 0 Å². The number of aromatic nitrogens is 1. The molecule has 1 aromatic carbocycles. The Morgan fingerprint density at radius 1 is 1.47 bits per heavy atom. The van der Waals surface area contributed by atoms with Crippen molar-refractivity contribution in [1.29, 1.82) is 0 Å². The third-order valence-electron chi connectivity index (χ3n) is 2.97. The van der Waals surface area contributed by atoms with Gasteiger partial charge < -0.3 is 15.0 Å². The molecule has 0 bridgehead atoms. The van der Waals surface area contributed by atoms with Gasteiger partial charge in [-0.1, -0.05) is 12.1 Å². The highest BCUT2D eigenvalue weighted by atomic mass is 16.3. The number of phenolic OH excluding ortho intramolecular Hbond substituents is 1. The predicted molar refractivity (Wildman–Crippen MR) is 71.4 cm³/mol. The number of rotatable bonds is 5. The first-order chi connectivity index (χ1) is 8.22. The van der Waals surface area contributed by atoms with Crippen molar-refractivity contribution in [3.63, 3.8) is 0 Å². The predicted octanol–water partition coefficient (Wildman–Crippen LogP) is 2.53. The quantitative estimate of drug-likeness (QED) is 0.775. The fourth-order valence-electron chi connectivity index (χ4n) is 2.06. The van der Waals surface area contributed by atoms with Crippen molar-refractivity contribution in [2.45, 2.75) is 6.42 Å². The third kappa shape index (κ3) is 2.50. The van der Waals surface area contributed by atoms with Crippen molar-refractivity contribution in [2.75, 3.05) is 20.1 Å². The number of likely N-dealkylation sites (N-methyl/N-ethyl adjacent to an activating group) is 1. The topological polar surface area (TPSA) is 39.3 Å². The van der Waals surface area contributed by atoms with Gasteiger partial charge in [0, 0.05) is 30.2 Å². The van der Waals surface area contributed by atoms with Crippen LogP contribution in [0.5, 0.6) is 5.75 Å². The van der Waals surface area contributed by atoms with Gasteiger partial charge in [-0.25, -0.2) is 0 Å². The largest absolute Gasteiger partial charge is 0.507 e. The van der Waals surface area contributed by atoms with Gasteiger partial charge in [-0.05, 0) is 31.2 Å². The Morgan fingerprint density at radius 3 is 3.06 bits per heavy atom.